The molecule has 2 rings (SSSR count). The molecule has 1 heterocycles. The first-order valence-electron chi connectivity index (χ1n) is 6.18. The fraction of sp³-hybridized carbons (Fsp3) is 0.692. The highest BCUT2D eigenvalue weighted by Gasteiger charge is 2.28. The molecule has 1 atom stereocenters. The van der Waals surface area contributed by atoms with E-state index in [-0.39, 0.29) is 11.7 Å². The first-order valence-corrected chi connectivity index (χ1v) is 6.18. The minimum Gasteiger partial charge on any atom is -0.330 e. The summed E-state index contributed by atoms with van der Waals surface area (Å²) in [5.41, 5.74) is 2.48. The van der Waals surface area contributed by atoms with Crippen molar-refractivity contribution < 1.29 is 9.59 Å². The van der Waals surface area contributed by atoms with Crippen LogP contribution in [0.2, 0.25) is 0 Å². The van der Waals surface area contributed by atoms with Gasteiger partial charge in [0.15, 0.2) is 0 Å². The maximum Gasteiger partial charge on any atom is 0.224 e. The Morgan fingerprint density at radius 2 is 2.19 bits per heavy atom. The zero-order valence-electron chi connectivity index (χ0n) is 9.84. The van der Waals surface area contributed by atoms with Crippen LogP contribution in [0.1, 0.15) is 51.9 Å². The number of nitrogens with one attached hydrogen (secondary N) is 1. The fourth-order valence-corrected chi connectivity index (χ4v) is 2.71. The average Bonchev–Trinajstić information content (AvgIpc) is 2.26. The predicted molar refractivity (Wildman–Crippen MR) is 61.7 cm³/mol. The zero-order chi connectivity index (χ0) is 11.5. The molecule has 2 aliphatic rings. The first-order chi connectivity index (χ1) is 7.66. The second kappa shape index (κ2) is 4.81. The molecule has 1 amide bonds. The molecule has 0 spiro atoms. The molecule has 1 fully saturated rings. The van der Waals surface area contributed by atoms with Gasteiger partial charge in [-0.15, -0.1) is 0 Å². The predicted octanol–water partition coefficient (Wildman–Crippen LogP) is 2.32. The van der Waals surface area contributed by atoms with Gasteiger partial charge in [0, 0.05) is 18.5 Å². The van der Waals surface area contributed by atoms with Gasteiger partial charge >= 0.3 is 0 Å². The van der Waals surface area contributed by atoms with Crippen molar-refractivity contribution in [2.45, 2.75) is 51.9 Å². The van der Waals surface area contributed by atoms with Crippen LogP contribution in [0.15, 0.2) is 11.3 Å². The Morgan fingerprint density at radius 3 is 2.94 bits per heavy atom. The van der Waals surface area contributed by atoms with Gasteiger partial charge in [0.05, 0.1) is 0 Å². The second-order valence-electron chi connectivity index (χ2n) is 4.90. The maximum absolute atomic E-state index is 11.4. The molecule has 1 saturated heterocycles. The lowest BCUT2D eigenvalue weighted by Crippen LogP contribution is -2.35. The average molecular weight is 221 g/mol. The SMILES string of the molecule is CC(=O)CCC1=C2NC(=O)CC[C@@H]2CCC1. The fourth-order valence-electron chi connectivity index (χ4n) is 2.71. The van der Waals surface area contributed by atoms with Crippen molar-refractivity contribution in [3.05, 3.63) is 11.3 Å². The Kier molecular flexibility index (Phi) is 3.42. The van der Waals surface area contributed by atoms with Crippen molar-refractivity contribution in [1.29, 1.82) is 0 Å². The molecule has 0 radical (unpaired) electrons. The van der Waals surface area contributed by atoms with Gasteiger partial charge in [-0.25, -0.2) is 0 Å². The van der Waals surface area contributed by atoms with Crippen molar-refractivity contribution in [1.82, 2.24) is 5.32 Å². The monoisotopic (exact) mass is 221 g/mol. The van der Waals surface area contributed by atoms with E-state index in [1.165, 1.54) is 18.4 Å². The van der Waals surface area contributed by atoms with Crippen molar-refractivity contribution >= 4 is 11.7 Å². The summed E-state index contributed by atoms with van der Waals surface area (Å²) >= 11 is 0. The molecule has 0 aromatic heterocycles. The molecule has 0 aromatic rings. The molecular weight excluding hydrogens is 202 g/mol. The van der Waals surface area contributed by atoms with E-state index in [9.17, 15) is 9.59 Å². The van der Waals surface area contributed by atoms with Crippen molar-refractivity contribution in [3.8, 4) is 0 Å². The Morgan fingerprint density at radius 1 is 1.38 bits per heavy atom. The largest absolute Gasteiger partial charge is 0.330 e. The first kappa shape index (κ1) is 11.4. The Labute approximate surface area is 96.3 Å². The minimum absolute atomic E-state index is 0.147. The van der Waals surface area contributed by atoms with E-state index in [4.69, 9.17) is 0 Å². The van der Waals surface area contributed by atoms with Crippen molar-refractivity contribution in [2.75, 3.05) is 0 Å². The number of piperidine rings is 1. The van der Waals surface area contributed by atoms with Crippen LogP contribution in [0.4, 0.5) is 0 Å². The standard InChI is InChI=1S/C13H19NO2/c1-9(15)5-6-10-3-2-4-11-7-8-12(16)14-13(10)11/h11H,2-8H2,1H3,(H,14,16)/t11-/m0/s1. The third kappa shape index (κ3) is 2.52. The lowest BCUT2D eigenvalue weighted by atomic mass is 9.80. The molecule has 0 unspecified atom stereocenters. The van der Waals surface area contributed by atoms with Crippen LogP contribution in [0.3, 0.4) is 0 Å². The number of hydrogen-bond donors (Lipinski definition) is 1. The summed E-state index contributed by atoms with van der Waals surface area (Å²) < 4.78 is 0. The van der Waals surface area contributed by atoms with E-state index < -0.39 is 0 Å². The van der Waals surface area contributed by atoms with E-state index in [0.717, 1.165) is 25.0 Å². The number of carbonyl (C=O) groups is 2. The van der Waals surface area contributed by atoms with E-state index in [0.29, 0.717) is 18.8 Å². The summed E-state index contributed by atoms with van der Waals surface area (Å²) in [5, 5.41) is 3.02. The molecule has 1 N–H and O–H groups in total. The summed E-state index contributed by atoms with van der Waals surface area (Å²) in [7, 11) is 0. The van der Waals surface area contributed by atoms with Gasteiger partial charge in [0.25, 0.3) is 0 Å². The van der Waals surface area contributed by atoms with Crippen LogP contribution in [0, 0.1) is 5.92 Å². The Hall–Kier alpha value is -1.12. The summed E-state index contributed by atoms with van der Waals surface area (Å²) in [6, 6.07) is 0. The van der Waals surface area contributed by atoms with Crippen molar-refractivity contribution in [2.24, 2.45) is 5.92 Å². The van der Waals surface area contributed by atoms with Gasteiger partial charge in [-0.1, -0.05) is 5.57 Å². The van der Waals surface area contributed by atoms with Gasteiger partial charge in [-0.2, -0.15) is 0 Å². The molecule has 88 valence electrons. The maximum atomic E-state index is 11.4. The zero-order valence-corrected chi connectivity index (χ0v) is 9.84. The Balaban J connectivity index is 2.11. The second-order valence-corrected chi connectivity index (χ2v) is 4.90. The normalized spacial score (nSPS) is 25.1. The number of Topliss-reactive ketones (excluding diaryl/α,β-unsaturated/α-hetero) is 1. The molecule has 1 aliphatic carbocycles. The van der Waals surface area contributed by atoms with Gasteiger partial charge in [0.2, 0.25) is 5.91 Å². The molecular formula is C13H19NO2. The van der Waals surface area contributed by atoms with Crippen LogP contribution in [0.25, 0.3) is 0 Å². The van der Waals surface area contributed by atoms with Crippen LogP contribution >= 0.6 is 0 Å². The number of carbonyl (C=O) groups excluding carboxylic acids is 2. The Bertz CT molecular complexity index is 344. The van der Waals surface area contributed by atoms with Gasteiger partial charge in [-0.3, -0.25) is 4.79 Å². The van der Waals surface area contributed by atoms with Crippen LogP contribution in [-0.2, 0) is 9.59 Å². The number of hydrogen-bond acceptors (Lipinski definition) is 2. The summed E-state index contributed by atoms with van der Waals surface area (Å²) in [6.45, 7) is 1.63. The number of rotatable bonds is 3. The number of ketones is 1. The topological polar surface area (TPSA) is 46.2 Å². The molecule has 3 nitrogen and oxygen atoms in total. The summed E-state index contributed by atoms with van der Waals surface area (Å²) in [4.78, 5) is 22.4. The number of allylic oxidation sites excluding steroid dienone is 2. The van der Waals surface area contributed by atoms with E-state index in [2.05, 4.69) is 5.32 Å². The third-order valence-electron chi connectivity index (χ3n) is 3.59. The molecule has 0 aromatic carbocycles. The smallest absolute Gasteiger partial charge is 0.224 e. The van der Waals surface area contributed by atoms with Crippen LogP contribution < -0.4 is 5.32 Å². The van der Waals surface area contributed by atoms with Gasteiger partial charge in [-0.05, 0) is 44.9 Å². The highest BCUT2D eigenvalue weighted by Crippen LogP contribution is 2.35. The number of amides is 1. The summed E-state index contributed by atoms with van der Waals surface area (Å²) in [6.07, 6.45) is 6.55. The lowest BCUT2D eigenvalue weighted by molar-refractivity contribution is -0.122. The molecule has 1 aliphatic heterocycles. The number of fused-ring (bicyclic) bond motifs is 1. The van der Waals surface area contributed by atoms with Gasteiger partial charge in [0.1, 0.15) is 5.78 Å². The van der Waals surface area contributed by atoms with Gasteiger partial charge < -0.3 is 10.1 Å². The molecule has 16 heavy (non-hydrogen) atoms. The highest BCUT2D eigenvalue weighted by molar-refractivity contribution is 5.79. The molecule has 0 bridgehead atoms. The summed E-state index contributed by atoms with van der Waals surface area (Å²) in [5.74, 6) is 0.930. The van der Waals surface area contributed by atoms with E-state index in [1.807, 2.05) is 0 Å². The van der Waals surface area contributed by atoms with E-state index in [1.54, 1.807) is 6.92 Å². The lowest BCUT2D eigenvalue weighted by Gasteiger charge is -2.32. The third-order valence-corrected chi connectivity index (χ3v) is 3.59. The molecule has 0 saturated carbocycles. The highest BCUT2D eigenvalue weighted by atomic mass is 16.1. The van der Waals surface area contributed by atoms with Crippen molar-refractivity contribution in [3.63, 3.8) is 0 Å². The quantitative estimate of drug-likeness (QED) is 0.795. The minimum atomic E-state index is 0.147. The molecule has 3 heteroatoms. The van der Waals surface area contributed by atoms with Crippen LogP contribution in [0.5, 0.6) is 0 Å². The van der Waals surface area contributed by atoms with Crippen LogP contribution in [-0.4, -0.2) is 11.7 Å². The van der Waals surface area contributed by atoms with E-state index >= 15 is 0 Å².